The van der Waals surface area contributed by atoms with E-state index in [4.69, 9.17) is 19.6 Å². The first kappa shape index (κ1) is 10.2. The number of aryl methyl sites for hydroxylation is 1. The van der Waals surface area contributed by atoms with Crippen molar-refractivity contribution in [2.45, 2.75) is 12.0 Å². The summed E-state index contributed by atoms with van der Waals surface area (Å²) in [6.07, 6.45) is 0. The monoisotopic (exact) mass is 248 g/mol. The van der Waals surface area contributed by atoms with Gasteiger partial charge in [-0.1, -0.05) is 5.16 Å². The van der Waals surface area contributed by atoms with Gasteiger partial charge in [0, 0.05) is 17.6 Å². The maximum absolute atomic E-state index is 10.9. The Kier molecular flexibility index (Phi) is 2.28. The fraction of sp³-hybridized carbons (Fsp3) is 0.143. The van der Waals surface area contributed by atoms with E-state index in [0.717, 1.165) is 0 Å². The molecule has 0 N–H and O–H groups in total. The second-order valence-corrected chi connectivity index (χ2v) is 5.19. The Balaban J connectivity index is 2.44. The molecule has 80 valence electrons. The van der Waals surface area contributed by atoms with Crippen LogP contribution in [0.25, 0.3) is 11.6 Å². The molecule has 0 fully saturated rings. The maximum atomic E-state index is 10.9. The van der Waals surface area contributed by atoms with Crippen LogP contribution in [-0.2, 0) is 9.05 Å². The molecule has 0 unspecified atom stereocenters. The molecule has 0 amide bonds. The topological polar surface area (TPSA) is 86.2 Å². The average molecular weight is 249 g/mol. The molecule has 0 bridgehead atoms. The lowest BCUT2D eigenvalue weighted by atomic mass is 10.4. The summed E-state index contributed by atoms with van der Waals surface area (Å²) >= 11 is 0. The molecule has 6 nitrogen and oxygen atoms in total. The fourth-order valence-corrected chi connectivity index (χ4v) is 1.64. The number of halogens is 1. The van der Waals surface area contributed by atoms with E-state index in [-0.39, 0.29) is 16.7 Å². The molecule has 0 aromatic carbocycles. The zero-order chi connectivity index (χ0) is 11.1. The van der Waals surface area contributed by atoms with Crippen molar-refractivity contribution < 1.29 is 17.4 Å². The fourth-order valence-electron chi connectivity index (χ4n) is 0.971. The number of hydrogen-bond acceptors (Lipinski definition) is 6. The molecule has 0 saturated heterocycles. The predicted octanol–water partition coefficient (Wildman–Crippen LogP) is 1.57. The molecule has 2 heterocycles. The van der Waals surface area contributed by atoms with Crippen molar-refractivity contribution >= 4 is 19.7 Å². The number of hydrogen-bond donors (Lipinski definition) is 0. The summed E-state index contributed by atoms with van der Waals surface area (Å²) in [5, 5.41) is 3.22. The van der Waals surface area contributed by atoms with Crippen molar-refractivity contribution in [3.8, 4) is 11.6 Å². The number of nitrogens with zero attached hydrogens (tertiary/aromatic N) is 2. The first-order chi connectivity index (χ1) is 6.97. The highest BCUT2D eigenvalue weighted by Gasteiger charge is 2.18. The second kappa shape index (κ2) is 3.35. The smallest absolute Gasteiger partial charge is 0.294 e. The number of furan rings is 1. The van der Waals surface area contributed by atoms with Gasteiger partial charge in [0.05, 0.1) is 0 Å². The van der Waals surface area contributed by atoms with Crippen LogP contribution in [0.3, 0.4) is 0 Å². The molecule has 2 rings (SSSR count). The molecule has 0 spiro atoms. The average Bonchev–Trinajstić information content (AvgIpc) is 2.69. The van der Waals surface area contributed by atoms with Crippen LogP contribution < -0.4 is 0 Å². The van der Waals surface area contributed by atoms with E-state index < -0.39 is 9.05 Å². The SMILES string of the molecule is Cc1nc(-c2ccc(S(=O)(=O)Cl)o2)no1. The standard InChI is InChI=1S/C7H5ClN2O4S/c1-4-9-7(10-14-4)5-2-3-6(13-5)15(8,11)12/h2-3H,1H3. The molecule has 2 aromatic heterocycles. The summed E-state index contributed by atoms with van der Waals surface area (Å²) < 4.78 is 31.4. The lowest BCUT2D eigenvalue weighted by Crippen LogP contribution is -1.85. The van der Waals surface area contributed by atoms with Gasteiger partial charge in [0.15, 0.2) is 5.76 Å². The first-order valence-corrected chi connectivity index (χ1v) is 6.13. The van der Waals surface area contributed by atoms with Crippen LogP contribution in [0.4, 0.5) is 0 Å². The quantitative estimate of drug-likeness (QED) is 0.750. The zero-order valence-corrected chi connectivity index (χ0v) is 9.04. The highest BCUT2D eigenvalue weighted by molar-refractivity contribution is 8.13. The van der Waals surface area contributed by atoms with Crippen molar-refractivity contribution in [1.82, 2.24) is 10.1 Å². The van der Waals surface area contributed by atoms with Crippen LogP contribution in [0.15, 0.2) is 26.2 Å². The molecule has 8 heteroatoms. The highest BCUT2D eigenvalue weighted by Crippen LogP contribution is 2.24. The van der Waals surface area contributed by atoms with E-state index >= 15 is 0 Å². The summed E-state index contributed by atoms with van der Waals surface area (Å²) in [7, 11) is 1.21. The van der Waals surface area contributed by atoms with Gasteiger partial charge in [0.25, 0.3) is 9.05 Å². The third-order valence-corrected chi connectivity index (χ3v) is 2.73. The molecule has 2 aromatic rings. The van der Waals surface area contributed by atoms with Gasteiger partial charge in [-0.2, -0.15) is 4.98 Å². The molecule has 0 radical (unpaired) electrons. The Morgan fingerprint density at radius 1 is 1.40 bits per heavy atom. The van der Waals surface area contributed by atoms with Gasteiger partial charge in [-0.25, -0.2) is 8.42 Å². The zero-order valence-electron chi connectivity index (χ0n) is 7.47. The summed E-state index contributed by atoms with van der Waals surface area (Å²) in [5.74, 6) is 0.724. The largest absolute Gasteiger partial charge is 0.440 e. The van der Waals surface area contributed by atoms with Crippen LogP contribution in [0, 0.1) is 6.92 Å². The maximum Gasteiger partial charge on any atom is 0.294 e. The number of aromatic nitrogens is 2. The lowest BCUT2D eigenvalue weighted by molar-refractivity contribution is 0.391. The van der Waals surface area contributed by atoms with Gasteiger partial charge in [-0.05, 0) is 12.1 Å². The van der Waals surface area contributed by atoms with E-state index in [9.17, 15) is 8.42 Å². The highest BCUT2D eigenvalue weighted by atomic mass is 35.7. The molecule has 0 aliphatic rings. The van der Waals surface area contributed by atoms with Gasteiger partial charge in [-0.15, -0.1) is 0 Å². The Bertz CT molecular complexity index is 586. The third kappa shape index (κ3) is 2.02. The summed E-state index contributed by atoms with van der Waals surface area (Å²) in [6.45, 7) is 1.61. The van der Waals surface area contributed by atoms with Crippen LogP contribution in [0.5, 0.6) is 0 Å². The third-order valence-electron chi connectivity index (χ3n) is 1.57. The van der Waals surface area contributed by atoms with Crippen molar-refractivity contribution in [3.05, 3.63) is 18.0 Å². The minimum atomic E-state index is -3.86. The van der Waals surface area contributed by atoms with Crippen LogP contribution in [0.2, 0.25) is 0 Å². The Morgan fingerprint density at radius 2 is 2.13 bits per heavy atom. The Hall–Kier alpha value is -1.34. The van der Waals surface area contributed by atoms with Gasteiger partial charge in [-0.3, -0.25) is 0 Å². The normalized spacial score (nSPS) is 11.9. The Morgan fingerprint density at radius 3 is 2.60 bits per heavy atom. The van der Waals surface area contributed by atoms with Crippen molar-refractivity contribution in [2.75, 3.05) is 0 Å². The van der Waals surface area contributed by atoms with Crippen molar-refractivity contribution in [2.24, 2.45) is 0 Å². The molecule has 0 atom stereocenters. The van der Waals surface area contributed by atoms with Gasteiger partial charge < -0.3 is 8.94 Å². The van der Waals surface area contributed by atoms with E-state index in [2.05, 4.69) is 10.1 Å². The first-order valence-electron chi connectivity index (χ1n) is 3.82. The van der Waals surface area contributed by atoms with Crippen LogP contribution in [-0.4, -0.2) is 18.6 Å². The molecule has 0 aliphatic carbocycles. The Labute approximate surface area is 89.3 Å². The van der Waals surface area contributed by atoms with Gasteiger partial charge >= 0.3 is 0 Å². The molecule has 0 aliphatic heterocycles. The lowest BCUT2D eigenvalue weighted by Gasteiger charge is -1.87. The van der Waals surface area contributed by atoms with Gasteiger partial charge in [0.1, 0.15) is 0 Å². The van der Waals surface area contributed by atoms with Gasteiger partial charge in [0.2, 0.25) is 16.8 Å². The minimum Gasteiger partial charge on any atom is -0.440 e. The van der Waals surface area contributed by atoms with E-state index in [1.54, 1.807) is 6.92 Å². The van der Waals surface area contributed by atoms with E-state index in [1.165, 1.54) is 12.1 Å². The summed E-state index contributed by atoms with van der Waals surface area (Å²) in [5.41, 5.74) is 0. The van der Waals surface area contributed by atoms with E-state index in [1.807, 2.05) is 0 Å². The van der Waals surface area contributed by atoms with Crippen molar-refractivity contribution in [3.63, 3.8) is 0 Å². The number of rotatable bonds is 2. The van der Waals surface area contributed by atoms with Crippen molar-refractivity contribution in [1.29, 1.82) is 0 Å². The molecular formula is C7H5ClN2O4S. The predicted molar refractivity (Wildman–Crippen MR) is 49.8 cm³/mol. The molecule has 0 saturated carbocycles. The van der Waals surface area contributed by atoms with Crippen LogP contribution >= 0.6 is 10.7 Å². The molecule has 15 heavy (non-hydrogen) atoms. The molecular weight excluding hydrogens is 244 g/mol. The van der Waals surface area contributed by atoms with E-state index in [0.29, 0.717) is 5.89 Å². The second-order valence-electron chi connectivity index (χ2n) is 2.69. The van der Waals surface area contributed by atoms with Crippen LogP contribution in [0.1, 0.15) is 5.89 Å². The summed E-state index contributed by atoms with van der Waals surface area (Å²) in [4.78, 5) is 3.87. The summed E-state index contributed by atoms with van der Waals surface area (Å²) in [6, 6.07) is 2.63. The minimum absolute atomic E-state index is 0.180.